The van der Waals surface area contributed by atoms with Crippen molar-refractivity contribution in [1.29, 1.82) is 5.26 Å². The zero-order chi connectivity index (χ0) is 6.41. The third-order valence-corrected chi connectivity index (χ3v) is 1.12. The maximum atomic E-state index is 8.13. The van der Waals surface area contributed by atoms with E-state index in [1.165, 1.54) is 5.57 Å². The topological polar surface area (TPSA) is 23.8 Å². The molecule has 0 unspecified atom stereocenters. The van der Waals surface area contributed by atoms with Gasteiger partial charge in [0.05, 0.1) is 6.07 Å². The van der Waals surface area contributed by atoms with E-state index < -0.39 is 0 Å². The molecule has 1 nitrogen and oxygen atoms in total. The minimum Gasteiger partial charge on any atom is -0.198 e. The van der Waals surface area contributed by atoms with Crippen LogP contribution in [0.1, 0.15) is 26.7 Å². The summed E-state index contributed by atoms with van der Waals surface area (Å²) in [5.74, 6) is 0. The van der Waals surface area contributed by atoms with Crippen LogP contribution in [0.4, 0.5) is 0 Å². The molecule has 0 radical (unpaired) electrons. The lowest BCUT2D eigenvalue weighted by atomic mass is 10.2. The molecule has 0 aromatic heterocycles. The van der Waals surface area contributed by atoms with Gasteiger partial charge < -0.3 is 0 Å². The second-order valence-corrected chi connectivity index (χ2v) is 1.79. The van der Waals surface area contributed by atoms with Gasteiger partial charge in [-0.3, -0.25) is 0 Å². The molecule has 0 amide bonds. The third kappa shape index (κ3) is 3.42. The third-order valence-electron chi connectivity index (χ3n) is 1.12. The summed E-state index contributed by atoms with van der Waals surface area (Å²) in [4.78, 5) is 0. The highest BCUT2D eigenvalue weighted by atomic mass is 14.2. The molecule has 44 valence electrons. The van der Waals surface area contributed by atoms with Gasteiger partial charge in [0, 0.05) is 6.42 Å². The molecule has 0 N–H and O–H groups in total. The molecule has 0 heterocycles. The summed E-state index contributed by atoms with van der Waals surface area (Å²) in [7, 11) is 0. The van der Waals surface area contributed by atoms with Crippen LogP contribution in [-0.4, -0.2) is 0 Å². The number of hydrogen-bond donors (Lipinski definition) is 0. The van der Waals surface area contributed by atoms with Crippen molar-refractivity contribution >= 4 is 0 Å². The SMILES string of the molecule is C/C=C(\C)CCC#N. The van der Waals surface area contributed by atoms with E-state index in [4.69, 9.17) is 5.26 Å². The summed E-state index contributed by atoms with van der Waals surface area (Å²) < 4.78 is 0. The van der Waals surface area contributed by atoms with Crippen molar-refractivity contribution < 1.29 is 0 Å². The van der Waals surface area contributed by atoms with Crippen molar-refractivity contribution in [1.82, 2.24) is 0 Å². The molecule has 0 bridgehead atoms. The second kappa shape index (κ2) is 4.39. The Balaban J connectivity index is 3.29. The van der Waals surface area contributed by atoms with Crippen LogP contribution in [0.25, 0.3) is 0 Å². The first kappa shape index (κ1) is 7.23. The van der Waals surface area contributed by atoms with Gasteiger partial charge in [-0.05, 0) is 20.3 Å². The summed E-state index contributed by atoms with van der Waals surface area (Å²) in [6.45, 7) is 4.03. The van der Waals surface area contributed by atoms with E-state index in [1.54, 1.807) is 0 Å². The van der Waals surface area contributed by atoms with Gasteiger partial charge in [-0.1, -0.05) is 11.6 Å². The molecule has 0 aliphatic rings. The van der Waals surface area contributed by atoms with Crippen molar-refractivity contribution in [2.45, 2.75) is 26.7 Å². The Kier molecular flexibility index (Phi) is 3.97. The van der Waals surface area contributed by atoms with Crippen molar-refractivity contribution in [3.8, 4) is 6.07 Å². The van der Waals surface area contributed by atoms with E-state index >= 15 is 0 Å². The van der Waals surface area contributed by atoms with Crippen LogP contribution >= 0.6 is 0 Å². The van der Waals surface area contributed by atoms with Gasteiger partial charge in [-0.15, -0.1) is 0 Å². The monoisotopic (exact) mass is 109 g/mol. The molecule has 0 saturated heterocycles. The van der Waals surface area contributed by atoms with Gasteiger partial charge in [0.15, 0.2) is 0 Å². The Morgan fingerprint density at radius 3 is 2.75 bits per heavy atom. The molecule has 0 fully saturated rings. The molecular formula is C7H11N. The molecule has 0 aromatic rings. The highest BCUT2D eigenvalue weighted by molar-refractivity contribution is 4.97. The second-order valence-electron chi connectivity index (χ2n) is 1.79. The van der Waals surface area contributed by atoms with Gasteiger partial charge in [0.1, 0.15) is 0 Å². The van der Waals surface area contributed by atoms with Gasteiger partial charge in [-0.2, -0.15) is 5.26 Å². The predicted molar refractivity (Wildman–Crippen MR) is 34.3 cm³/mol. The number of nitriles is 1. The van der Waals surface area contributed by atoms with E-state index in [0.717, 1.165) is 6.42 Å². The average Bonchev–Trinajstić information content (AvgIpc) is 1.83. The van der Waals surface area contributed by atoms with E-state index in [0.29, 0.717) is 6.42 Å². The van der Waals surface area contributed by atoms with Crippen LogP contribution in [0.2, 0.25) is 0 Å². The Morgan fingerprint density at radius 1 is 1.75 bits per heavy atom. The molecule has 0 spiro atoms. The minimum atomic E-state index is 0.649. The summed E-state index contributed by atoms with van der Waals surface area (Å²) in [6.07, 6.45) is 3.61. The maximum absolute atomic E-state index is 8.13. The highest BCUT2D eigenvalue weighted by Gasteiger charge is 1.83. The van der Waals surface area contributed by atoms with Crippen LogP contribution in [-0.2, 0) is 0 Å². The number of hydrogen-bond acceptors (Lipinski definition) is 1. The lowest BCUT2D eigenvalue weighted by molar-refractivity contribution is 0.983. The molecular weight excluding hydrogens is 98.1 g/mol. The number of allylic oxidation sites excluding steroid dienone is 2. The van der Waals surface area contributed by atoms with Crippen LogP contribution in [0.3, 0.4) is 0 Å². The Bertz CT molecular complexity index is 117. The van der Waals surface area contributed by atoms with Crippen LogP contribution in [0.5, 0.6) is 0 Å². The van der Waals surface area contributed by atoms with E-state index in [-0.39, 0.29) is 0 Å². The summed E-state index contributed by atoms with van der Waals surface area (Å²) in [6, 6.07) is 2.09. The molecule has 0 saturated carbocycles. The summed E-state index contributed by atoms with van der Waals surface area (Å²) >= 11 is 0. The average molecular weight is 109 g/mol. The lowest BCUT2D eigenvalue weighted by Gasteiger charge is -1.89. The number of rotatable bonds is 2. The van der Waals surface area contributed by atoms with Gasteiger partial charge in [0.25, 0.3) is 0 Å². The van der Waals surface area contributed by atoms with Crippen molar-refractivity contribution in [2.75, 3.05) is 0 Å². The molecule has 0 aliphatic heterocycles. The Labute approximate surface area is 50.6 Å². The zero-order valence-electron chi connectivity index (χ0n) is 5.44. The first-order valence-electron chi connectivity index (χ1n) is 2.80. The zero-order valence-corrected chi connectivity index (χ0v) is 5.44. The smallest absolute Gasteiger partial charge is 0.0625 e. The standard InChI is InChI=1S/C7H11N/c1-3-7(2)5-4-6-8/h3H,4-5H2,1-2H3/b7-3+. The fourth-order valence-electron chi connectivity index (χ4n) is 0.397. The van der Waals surface area contributed by atoms with Gasteiger partial charge in [0.2, 0.25) is 0 Å². The molecule has 0 rings (SSSR count). The van der Waals surface area contributed by atoms with E-state index in [2.05, 4.69) is 6.07 Å². The molecule has 1 heteroatoms. The fourth-order valence-corrected chi connectivity index (χ4v) is 0.397. The van der Waals surface area contributed by atoms with Crippen LogP contribution in [0.15, 0.2) is 11.6 Å². The van der Waals surface area contributed by atoms with Crippen molar-refractivity contribution in [3.63, 3.8) is 0 Å². The van der Waals surface area contributed by atoms with Crippen LogP contribution < -0.4 is 0 Å². The largest absolute Gasteiger partial charge is 0.198 e. The Morgan fingerprint density at radius 2 is 2.38 bits per heavy atom. The minimum absolute atomic E-state index is 0.649. The van der Waals surface area contributed by atoms with E-state index in [9.17, 15) is 0 Å². The van der Waals surface area contributed by atoms with Crippen molar-refractivity contribution in [2.24, 2.45) is 0 Å². The molecule has 8 heavy (non-hydrogen) atoms. The van der Waals surface area contributed by atoms with Gasteiger partial charge >= 0.3 is 0 Å². The maximum Gasteiger partial charge on any atom is 0.0625 e. The Hall–Kier alpha value is -0.770. The predicted octanol–water partition coefficient (Wildman–Crippen LogP) is 2.26. The van der Waals surface area contributed by atoms with E-state index in [1.807, 2.05) is 19.9 Å². The molecule has 0 aromatic carbocycles. The van der Waals surface area contributed by atoms with Crippen molar-refractivity contribution in [3.05, 3.63) is 11.6 Å². The fraction of sp³-hybridized carbons (Fsp3) is 0.571. The van der Waals surface area contributed by atoms with Crippen LogP contribution in [0, 0.1) is 11.3 Å². The van der Waals surface area contributed by atoms with Gasteiger partial charge in [-0.25, -0.2) is 0 Å². The molecule has 0 atom stereocenters. The molecule has 0 aliphatic carbocycles. The highest BCUT2D eigenvalue weighted by Crippen LogP contribution is 2.00. The number of nitrogens with zero attached hydrogens (tertiary/aromatic N) is 1. The summed E-state index contributed by atoms with van der Waals surface area (Å²) in [5, 5.41) is 8.13. The quantitative estimate of drug-likeness (QED) is 0.499. The normalized spacial score (nSPS) is 10.9. The lowest BCUT2D eigenvalue weighted by Crippen LogP contribution is -1.72. The first-order valence-corrected chi connectivity index (χ1v) is 2.80. The summed E-state index contributed by atoms with van der Waals surface area (Å²) in [5.41, 5.74) is 1.30. The first-order chi connectivity index (χ1) is 3.81.